The molecule has 2 aromatic carbocycles. The van der Waals surface area contributed by atoms with Crippen molar-refractivity contribution in [3.63, 3.8) is 0 Å². The lowest BCUT2D eigenvalue weighted by atomic mass is 10.1. The number of hydrogen-bond donors (Lipinski definition) is 4. The van der Waals surface area contributed by atoms with E-state index in [-0.39, 0.29) is 29.4 Å². The number of nitro groups is 1. The molecule has 0 saturated heterocycles. The number of aliphatic hydroxyl groups is 1. The Morgan fingerprint density at radius 3 is 2.53 bits per heavy atom. The van der Waals surface area contributed by atoms with E-state index in [2.05, 4.69) is 10.6 Å². The van der Waals surface area contributed by atoms with Crippen molar-refractivity contribution in [3.05, 3.63) is 57.9 Å². The molecule has 0 radical (unpaired) electrons. The van der Waals surface area contributed by atoms with E-state index in [9.17, 15) is 29.2 Å². The van der Waals surface area contributed by atoms with E-state index in [4.69, 9.17) is 10.5 Å². The van der Waals surface area contributed by atoms with Gasteiger partial charge in [0.1, 0.15) is 18.2 Å². The predicted octanol–water partition coefficient (Wildman–Crippen LogP) is 1.71. The Kier molecular flexibility index (Phi) is 7.03. The smallest absolute Gasteiger partial charge is 0.272 e. The zero-order valence-corrected chi connectivity index (χ0v) is 16.3. The van der Waals surface area contributed by atoms with Crippen LogP contribution in [0.1, 0.15) is 12.5 Å². The molecule has 0 spiro atoms. The van der Waals surface area contributed by atoms with Crippen LogP contribution in [0.5, 0.6) is 5.75 Å². The van der Waals surface area contributed by atoms with Gasteiger partial charge in [-0.3, -0.25) is 19.7 Å². The first-order valence-corrected chi connectivity index (χ1v) is 8.74. The first kappa shape index (κ1) is 22.7. The number of carbonyl (C=O) groups is 2. The van der Waals surface area contributed by atoms with E-state index in [1.165, 1.54) is 44.2 Å². The minimum atomic E-state index is -1.99. The highest BCUT2D eigenvalue weighted by Gasteiger charge is 2.32. The number of nitrogens with one attached hydrogen (secondary N) is 2. The van der Waals surface area contributed by atoms with Crippen LogP contribution in [0.25, 0.3) is 0 Å². The molecular weight excluding hydrogens is 399 g/mol. The van der Waals surface area contributed by atoms with Crippen molar-refractivity contribution in [1.82, 2.24) is 0 Å². The standard InChI is InChI=1S/C19H21FN4O6/c1-11-7-12(3-6-16(11)24(28)29)22-18(26)19(2,27)10-30-13-4-5-15(14(20)8-13)23-17(25)9-21/h3-8,27H,9-10,21H2,1-2H3,(H,22,26)(H,23,25). The van der Waals surface area contributed by atoms with Crippen LogP contribution in [0.4, 0.5) is 21.5 Å². The molecule has 2 amide bonds. The predicted molar refractivity (Wildman–Crippen MR) is 107 cm³/mol. The number of halogens is 1. The SMILES string of the molecule is Cc1cc(NC(=O)C(C)(O)COc2ccc(NC(=O)CN)c(F)c2)ccc1[N+](=O)[O-]. The normalized spacial score (nSPS) is 12.6. The summed E-state index contributed by atoms with van der Waals surface area (Å²) < 4.78 is 19.3. The molecule has 1 unspecified atom stereocenters. The van der Waals surface area contributed by atoms with Crippen LogP contribution in [-0.4, -0.2) is 40.6 Å². The summed E-state index contributed by atoms with van der Waals surface area (Å²) in [5, 5.41) is 26.0. The molecule has 0 aliphatic rings. The van der Waals surface area contributed by atoms with Gasteiger partial charge >= 0.3 is 0 Å². The molecular formula is C19H21FN4O6. The van der Waals surface area contributed by atoms with Crippen molar-refractivity contribution in [3.8, 4) is 5.75 Å². The minimum absolute atomic E-state index is 0.0255. The lowest BCUT2D eigenvalue weighted by molar-refractivity contribution is -0.385. The van der Waals surface area contributed by atoms with Gasteiger partial charge in [0, 0.05) is 23.4 Å². The highest BCUT2D eigenvalue weighted by molar-refractivity contribution is 5.97. The molecule has 1 atom stereocenters. The molecule has 2 aromatic rings. The van der Waals surface area contributed by atoms with Crippen molar-refractivity contribution in [2.24, 2.45) is 5.73 Å². The summed E-state index contributed by atoms with van der Waals surface area (Å²) in [6.07, 6.45) is 0. The van der Waals surface area contributed by atoms with E-state index in [0.717, 1.165) is 6.07 Å². The van der Waals surface area contributed by atoms with E-state index in [1.54, 1.807) is 0 Å². The van der Waals surface area contributed by atoms with Gasteiger partial charge in [-0.2, -0.15) is 0 Å². The van der Waals surface area contributed by atoms with Gasteiger partial charge in [-0.15, -0.1) is 0 Å². The second-order valence-electron chi connectivity index (χ2n) is 6.67. The van der Waals surface area contributed by atoms with Gasteiger partial charge < -0.3 is 26.2 Å². The average molecular weight is 420 g/mol. The Hall–Kier alpha value is -3.57. The van der Waals surface area contributed by atoms with Gasteiger partial charge in [-0.25, -0.2) is 4.39 Å². The largest absolute Gasteiger partial charge is 0.490 e. The summed E-state index contributed by atoms with van der Waals surface area (Å²) in [6.45, 7) is 1.92. The van der Waals surface area contributed by atoms with Gasteiger partial charge in [0.2, 0.25) is 5.91 Å². The lowest BCUT2D eigenvalue weighted by Gasteiger charge is -2.23. The van der Waals surface area contributed by atoms with Gasteiger partial charge in [0.05, 0.1) is 17.2 Å². The van der Waals surface area contributed by atoms with Crippen molar-refractivity contribution in [2.45, 2.75) is 19.4 Å². The minimum Gasteiger partial charge on any atom is -0.490 e. The van der Waals surface area contributed by atoms with Crippen LogP contribution >= 0.6 is 0 Å². The third-order valence-electron chi connectivity index (χ3n) is 4.06. The number of amides is 2. The maximum Gasteiger partial charge on any atom is 0.272 e. The summed E-state index contributed by atoms with van der Waals surface area (Å²) in [5.74, 6) is -2.14. The van der Waals surface area contributed by atoms with Crippen LogP contribution < -0.4 is 21.1 Å². The Morgan fingerprint density at radius 1 is 1.27 bits per heavy atom. The molecule has 11 heteroatoms. The van der Waals surface area contributed by atoms with E-state index >= 15 is 0 Å². The molecule has 0 aromatic heterocycles. The van der Waals surface area contributed by atoms with E-state index < -0.39 is 34.8 Å². The molecule has 2 rings (SSSR count). The Balaban J connectivity index is 2.01. The average Bonchev–Trinajstić information content (AvgIpc) is 2.67. The van der Waals surface area contributed by atoms with Crippen LogP contribution in [0, 0.1) is 22.9 Å². The zero-order chi connectivity index (χ0) is 22.5. The lowest BCUT2D eigenvalue weighted by Crippen LogP contribution is -2.45. The number of benzene rings is 2. The number of rotatable bonds is 8. The first-order valence-electron chi connectivity index (χ1n) is 8.74. The molecule has 0 saturated carbocycles. The topological polar surface area (TPSA) is 157 Å². The van der Waals surface area contributed by atoms with Gasteiger partial charge in [0.25, 0.3) is 11.6 Å². The fourth-order valence-corrected chi connectivity index (χ4v) is 2.38. The summed E-state index contributed by atoms with van der Waals surface area (Å²) in [5.41, 5.74) is 3.58. The van der Waals surface area contributed by atoms with Gasteiger partial charge in [0.15, 0.2) is 5.60 Å². The molecule has 30 heavy (non-hydrogen) atoms. The van der Waals surface area contributed by atoms with Gasteiger partial charge in [-0.05, 0) is 38.1 Å². The van der Waals surface area contributed by atoms with Crippen molar-refractivity contribution in [2.75, 3.05) is 23.8 Å². The Bertz CT molecular complexity index is 979. The maximum absolute atomic E-state index is 14.0. The van der Waals surface area contributed by atoms with Crippen LogP contribution in [0.15, 0.2) is 36.4 Å². The number of nitrogens with zero attached hydrogens (tertiary/aromatic N) is 1. The quantitative estimate of drug-likeness (QED) is 0.374. The van der Waals surface area contributed by atoms with Crippen molar-refractivity contribution >= 4 is 28.9 Å². The van der Waals surface area contributed by atoms with Crippen LogP contribution in [0.3, 0.4) is 0 Å². The molecule has 0 bridgehead atoms. The number of nitrogens with two attached hydrogens (primary N) is 1. The van der Waals surface area contributed by atoms with Crippen molar-refractivity contribution in [1.29, 1.82) is 0 Å². The fraction of sp³-hybridized carbons (Fsp3) is 0.263. The fourth-order valence-electron chi connectivity index (χ4n) is 2.38. The summed E-state index contributed by atoms with van der Waals surface area (Å²) in [6, 6.07) is 7.57. The number of hydrogen-bond acceptors (Lipinski definition) is 7. The second-order valence-corrected chi connectivity index (χ2v) is 6.67. The molecule has 10 nitrogen and oxygen atoms in total. The Morgan fingerprint density at radius 2 is 1.97 bits per heavy atom. The number of nitro benzene ring substituents is 1. The molecule has 160 valence electrons. The highest BCUT2D eigenvalue weighted by Crippen LogP contribution is 2.24. The van der Waals surface area contributed by atoms with Crippen molar-refractivity contribution < 1.29 is 28.7 Å². The number of ether oxygens (including phenoxy) is 1. The molecule has 0 aliphatic carbocycles. The van der Waals surface area contributed by atoms with E-state index in [1.807, 2.05) is 0 Å². The maximum atomic E-state index is 14.0. The zero-order valence-electron chi connectivity index (χ0n) is 16.3. The number of aryl methyl sites for hydroxylation is 1. The van der Waals surface area contributed by atoms with Crippen LogP contribution in [0.2, 0.25) is 0 Å². The molecule has 5 N–H and O–H groups in total. The first-order chi connectivity index (χ1) is 14.0. The monoisotopic (exact) mass is 420 g/mol. The van der Waals surface area contributed by atoms with Gasteiger partial charge in [-0.1, -0.05) is 0 Å². The van der Waals surface area contributed by atoms with Crippen LogP contribution in [-0.2, 0) is 9.59 Å². The third-order valence-corrected chi connectivity index (χ3v) is 4.06. The summed E-state index contributed by atoms with van der Waals surface area (Å²) in [4.78, 5) is 33.9. The highest BCUT2D eigenvalue weighted by atomic mass is 19.1. The Labute approximate surface area is 171 Å². The molecule has 0 heterocycles. The second kappa shape index (κ2) is 9.29. The summed E-state index contributed by atoms with van der Waals surface area (Å²) in [7, 11) is 0. The number of carbonyl (C=O) groups excluding carboxylic acids is 2. The van der Waals surface area contributed by atoms with E-state index in [0.29, 0.717) is 5.56 Å². The molecule has 0 aliphatic heterocycles. The molecule has 0 fully saturated rings. The summed E-state index contributed by atoms with van der Waals surface area (Å²) >= 11 is 0. The third kappa shape index (κ3) is 5.72. The number of anilines is 2.